The van der Waals surface area contributed by atoms with Gasteiger partial charge in [0, 0.05) is 17.5 Å². The highest BCUT2D eigenvalue weighted by Crippen LogP contribution is 2.12. The molecule has 0 aliphatic rings. The number of ether oxygens (including phenoxy) is 1. The Morgan fingerprint density at radius 1 is 1.20 bits per heavy atom. The Morgan fingerprint density at radius 3 is 2.50 bits per heavy atom. The van der Waals surface area contributed by atoms with Gasteiger partial charge in [-0.3, -0.25) is 0 Å². The summed E-state index contributed by atoms with van der Waals surface area (Å²) in [6, 6.07) is 10.9. The number of carbonyl (C=O) groups excluding carboxylic acids is 1. The van der Waals surface area contributed by atoms with Gasteiger partial charge in [-0.05, 0) is 30.0 Å². The minimum Gasteiger partial charge on any atom is -0.457 e. The Kier molecular flexibility index (Phi) is 5.44. The van der Waals surface area contributed by atoms with Crippen LogP contribution in [0.15, 0.2) is 42.6 Å². The van der Waals surface area contributed by atoms with Crippen LogP contribution in [-0.4, -0.2) is 17.2 Å². The smallest absolute Gasteiger partial charge is 0.338 e. The maximum Gasteiger partial charge on any atom is 0.338 e. The molecule has 20 heavy (non-hydrogen) atoms. The molecule has 0 fully saturated rings. The van der Waals surface area contributed by atoms with Crippen LogP contribution in [-0.2, 0) is 17.1 Å². The molecule has 1 aromatic heterocycles. The summed E-state index contributed by atoms with van der Waals surface area (Å²) < 4.78 is 5.23. The van der Waals surface area contributed by atoms with Gasteiger partial charge in [0.05, 0.1) is 5.56 Å². The van der Waals surface area contributed by atoms with Crippen molar-refractivity contribution < 1.29 is 9.53 Å². The van der Waals surface area contributed by atoms with Gasteiger partial charge >= 0.3 is 5.97 Å². The molecule has 0 saturated heterocycles. The van der Waals surface area contributed by atoms with Gasteiger partial charge < -0.3 is 4.74 Å². The van der Waals surface area contributed by atoms with E-state index in [0.717, 1.165) is 11.3 Å². The second-order valence-corrected chi connectivity index (χ2v) is 5.45. The first-order chi connectivity index (χ1) is 9.69. The predicted octanol–water partition coefficient (Wildman–Crippen LogP) is 3.96. The van der Waals surface area contributed by atoms with Crippen molar-refractivity contribution >= 4 is 29.3 Å². The number of nitrogens with zero attached hydrogens (tertiary/aromatic N) is 1. The topological polar surface area (TPSA) is 39.2 Å². The fourth-order valence-electron chi connectivity index (χ4n) is 1.63. The molecule has 2 rings (SSSR count). The Labute approximate surface area is 127 Å². The molecule has 1 aromatic carbocycles. The number of hydrogen-bond acceptors (Lipinski definition) is 4. The van der Waals surface area contributed by atoms with Crippen molar-refractivity contribution in [3.8, 4) is 0 Å². The molecular formula is C15H14ClNO2S. The second-order valence-electron chi connectivity index (χ2n) is 4.20. The molecule has 0 atom stereocenters. The van der Waals surface area contributed by atoms with Gasteiger partial charge in [0.1, 0.15) is 11.8 Å². The van der Waals surface area contributed by atoms with Crippen molar-refractivity contribution in [3.63, 3.8) is 0 Å². The first-order valence-corrected chi connectivity index (χ1v) is 7.81. The SMILES string of the molecule is CSCc1ccc(C(=O)OCc2ccc(Cl)nc2)cc1. The lowest BCUT2D eigenvalue weighted by atomic mass is 10.1. The van der Waals surface area contributed by atoms with Gasteiger partial charge in [-0.1, -0.05) is 29.8 Å². The number of benzene rings is 1. The first-order valence-electron chi connectivity index (χ1n) is 6.04. The van der Waals surface area contributed by atoms with E-state index in [1.54, 1.807) is 42.2 Å². The van der Waals surface area contributed by atoms with E-state index < -0.39 is 0 Å². The van der Waals surface area contributed by atoms with Crippen LogP contribution in [0.4, 0.5) is 0 Å². The number of aromatic nitrogens is 1. The maximum absolute atomic E-state index is 11.9. The van der Waals surface area contributed by atoms with E-state index in [9.17, 15) is 4.79 Å². The van der Waals surface area contributed by atoms with Gasteiger partial charge in [-0.25, -0.2) is 9.78 Å². The van der Waals surface area contributed by atoms with Gasteiger partial charge in [0.2, 0.25) is 0 Å². The molecule has 2 aromatic rings. The van der Waals surface area contributed by atoms with E-state index in [2.05, 4.69) is 4.98 Å². The lowest BCUT2D eigenvalue weighted by Gasteiger charge is -2.05. The third kappa shape index (κ3) is 4.25. The summed E-state index contributed by atoms with van der Waals surface area (Å²) in [5, 5.41) is 0.421. The molecule has 0 radical (unpaired) electrons. The van der Waals surface area contributed by atoms with E-state index in [4.69, 9.17) is 16.3 Å². The molecule has 0 saturated carbocycles. The van der Waals surface area contributed by atoms with Crippen LogP contribution in [0, 0.1) is 0 Å². The van der Waals surface area contributed by atoms with Gasteiger partial charge in [0.15, 0.2) is 0 Å². The maximum atomic E-state index is 11.9. The van der Waals surface area contributed by atoms with Crippen LogP contribution < -0.4 is 0 Å². The quantitative estimate of drug-likeness (QED) is 0.619. The monoisotopic (exact) mass is 307 g/mol. The standard InChI is InChI=1S/C15H14ClNO2S/c1-20-10-11-2-5-13(6-3-11)15(18)19-9-12-4-7-14(16)17-8-12/h2-8H,9-10H2,1H3. The summed E-state index contributed by atoms with van der Waals surface area (Å²) in [6.07, 6.45) is 3.64. The fourth-order valence-corrected chi connectivity index (χ4v) is 2.27. The van der Waals surface area contributed by atoms with Crippen LogP contribution in [0.3, 0.4) is 0 Å². The van der Waals surface area contributed by atoms with E-state index in [0.29, 0.717) is 10.7 Å². The lowest BCUT2D eigenvalue weighted by molar-refractivity contribution is 0.0472. The number of rotatable bonds is 5. The molecule has 3 nitrogen and oxygen atoms in total. The number of esters is 1. The summed E-state index contributed by atoms with van der Waals surface area (Å²) in [6.45, 7) is 0.190. The minimum atomic E-state index is -0.337. The largest absolute Gasteiger partial charge is 0.457 e. The number of thioether (sulfide) groups is 1. The summed E-state index contributed by atoms with van der Waals surface area (Å²) in [5.74, 6) is 0.599. The Morgan fingerprint density at radius 2 is 1.90 bits per heavy atom. The fraction of sp³-hybridized carbons (Fsp3) is 0.200. The second kappa shape index (κ2) is 7.31. The number of pyridine rings is 1. The summed E-state index contributed by atoms with van der Waals surface area (Å²) in [5.41, 5.74) is 2.55. The molecule has 104 valence electrons. The average molecular weight is 308 g/mol. The molecule has 0 spiro atoms. The number of halogens is 1. The molecule has 1 heterocycles. The minimum absolute atomic E-state index is 0.190. The summed E-state index contributed by atoms with van der Waals surface area (Å²) >= 11 is 7.43. The highest BCUT2D eigenvalue weighted by atomic mass is 35.5. The zero-order valence-electron chi connectivity index (χ0n) is 11.0. The Hall–Kier alpha value is -1.52. The molecular weight excluding hydrogens is 294 g/mol. The predicted molar refractivity (Wildman–Crippen MR) is 82.0 cm³/mol. The van der Waals surface area contributed by atoms with Crippen molar-refractivity contribution in [2.24, 2.45) is 0 Å². The van der Waals surface area contributed by atoms with Gasteiger partial charge in [0.25, 0.3) is 0 Å². The van der Waals surface area contributed by atoms with Crippen molar-refractivity contribution in [2.75, 3.05) is 6.26 Å². The first kappa shape index (κ1) is 14.9. The van der Waals surface area contributed by atoms with E-state index >= 15 is 0 Å². The normalized spacial score (nSPS) is 10.3. The number of carbonyl (C=O) groups is 1. The average Bonchev–Trinajstić information content (AvgIpc) is 2.47. The van der Waals surface area contributed by atoms with Crippen molar-refractivity contribution in [2.45, 2.75) is 12.4 Å². The summed E-state index contributed by atoms with van der Waals surface area (Å²) in [7, 11) is 0. The molecule has 0 N–H and O–H groups in total. The highest BCUT2D eigenvalue weighted by Gasteiger charge is 2.07. The molecule has 0 bridgehead atoms. The Balaban J connectivity index is 1.92. The van der Waals surface area contributed by atoms with Crippen LogP contribution >= 0.6 is 23.4 Å². The van der Waals surface area contributed by atoms with Gasteiger partial charge in [-0.2, -0.15) is 11.8 Å². The molecule has 0 amide bonds. The zero-order valence-corrected chi connectivity index (χ0v) is 12.6. The van der Waals surface area contributed by atoms with E-state index in [-0.39, 0.29) is 12.6 Å². The Bertz CT molecular complexity index is 569. The third-order valence-corrected chi connectivity index (χ3v) is 3.50. The van der Waals surface area contributed by atoms with Crippen molar-refractivity contribution in [1.29, 1.82) is 0 Å². The van der Waals surface area contributed by atoms with Crippen molar-refractivity contribution in [3.05, 3.63) is 64.4 Å². The molecule has 0 unspecified atom stereocenters. The highest BCUT2D eigenvalue weighted by molar-refractivity contribution is 7.97. The van der Waals surface area contributed by atoms with Crippen LogP contribution in [0.2, 0.25) is 5.15 Å². The lowest BCUT2D eigenvalue weighted by Crippen LogP contribution is -2.05. The van der Waals surface area contributed by atoms with E-state index in [1.165, 1.54) is 5.56 Å². The van der Waals surface area contributed by atoms with Gasteiger partial charge in [-0.15, -0.1) is 0 Å². The zero-order chi connectivity index (χ0) is 14.4. The molecule has 0 aliphatic carbocycles. The molecule has 5 heteroatoms. The van der Waals surface area contributed by atoms with Crippen molar-refractivity contribution in [1.82, 2.24) is 4.98 Å². The third-order valence-electron chi connectivity index (χ3n) is 2.66. The summed E-state index contributed by atoms with van der Waals surface area (Å²) in [4.78, 5) is 15.8. The van der Waals surface area contributed by atoms with Crippen LogP contribution in [0.5, 0.6) is 0 Å². The van der Waals surface area contributed by atoms with Crippen LogP contribution in [0.1, 0.15) is 21.5 Å². The number of hydrogen-bond donors (Lipinski definition) is 0. The van der Waals surface area contributed by atoms with E-state index in [1.807, 2.05) is 18.4 Å². The van der Waals surface area contributed by atoms with Crippen LogP contribution in [0.25, 0.3) is 0 Å². The molecule has 0 aliphatic heterocycles.